The number of nitrogens with one attached hydrogen (secondary N) is 3. The van der Waals surface area contributed by atoms with Crippen LogP contribution in [0.2, 0.25) is 0 Å². The van der Waals surface area contributed by atoms with Crippen molar-refractivity contribution in [2.75, 3.05) is 5.75 Å². The van der Waals surface area contributed by atoms with E-state index in [1.807, 2.05) is 0 Å². The van der Waals surface area contributed by atoms with Gasteiger partial charge in [0.15, 0.2) is 6.04 Å². The molecule has 10 N–H and O–H groups in total. The minimum atomic E-state index is -1.62. The number of carboxylic acid groups (broad SMARTS) is 1. The molecule has 0 saturated heterocycles. The predicted octanol–water partition coefficient (Wildman–Crippen LogP) is -2.62. The fourth-order valence-corrected chi connectivity index (χ4v) is 3.18. The number of thiol groups is 1. The third-order valence-electron chi connectivity index (χ3n) is 4.90. The molecule has 0 fully saturated rings. The number of aliphatic carboxylic acids is 1. The van der Waals surface area contributed by atoms with Crippen LogP contribution in [0.5, 0.6) is 5.75 Å². The van der Waals surface area contributed by atoms with Crippen LogP contribution in [0.25, 0.3) is 0 Å². The molecule has 5 unspecified atom stereocenters. The Balaban J connectivity index is 2.89. The molecule has 0 saturated carbocycles. The van der Waals surface area contributed by atoms with Crippen LogP contribution in [0.15, 0.2) is 24.3 Å². The lowest BCUT2D eigenvalue weighted by Gasteiger charge is -2.25. The highest BCUT2D eigenvalue weighted by Gasteiger charge is 2.31. The number of nitrogens with two attached hydrogens (primary N) is 2. The van der Waals surface area contributed by atoms with E-state index < -0.39 is 59.9 Å². The maximum absolute atomic E-state index is 12.8. The highest BCUT2D eigenvalue weighted by atomic mass is 32.1. The zero-order valence-electron chi connectivity index (χ0n) is 19.0. The molecule has 0 aliphatic rings. The summed E-state index contributed by atoms with van der Waals surface area (Å²) in [7, 11) is 0. The average Bonchev–Trinajstić information content (AvgIpc) is 2.78. The summed E-state index contributed by atoms with van der Waals surface area (Å²) in [5.74, 6) is -4.89. The molecule has 13 nitrogen and oxygen atoms in total. The second-order valence-electron chi connectivity index (χ2n) is 7.85. The predicted molar refractivity (Wildman–Crippen MR) is 127 cm³/mol. The number of amides is 4. The van der Waals surface area contributed by atoms with Gasteiger partial charge in [-0.3, -0.25) is 19.2 Å². The van der Waals surface area contributed by atoms with Gasteiger partial charge < -0.3 is 42.7 Å². The number of phenolic OH excluding ortho intramolecular Hbond substituents is 1. The maximum Gasteiger partial charge on any atom is 0.328 e. The first-order chi connectivity index (χ1) is 16.3. The minimum absolute atomic E-state index is 0.0425. The molecule has 0 aromatic heterocycles. The Labute approximate surface area is 207 Å². The van der Waals surface area contributed by atoms with Crippen molar-refractivity contribution in [2.24, 2.45) is 11.5 Å². The Kier molecular flexibility index (Phi) is 12.0. The number of benzene rings is 1. The van der Waals surface area contributed by atoms with Gasteiger partial charge >= 0.3 is 5.97 Å². The zero-order chi connectivity index (χ0) is 26.7. The Morgan fingerprint density at radius 3 is 2.00 bits per heavy atom. The summed E-state index contributed by atoms with van der Waals surface area (Å²) in [6.07, 6.45) is -1.77. The van der Waals surface area contributed by atoms with Crippen LogP contribution in [0, 0.1) is 0 Å². The van der Waals surface area contributed by atoms with Gasteiger partial charge in [0.05, 0.1) is 12.1 Å². The summed E-state index contributed by atoms with van der Waals surface area (Å²) in [5, 5.41) is 34.9. The standard InChI is InChI=1S/C21H31N5O8S/c1-10(27)17(21(33)34)26-20(32)15(9-35)25-19(31)14(6-7-16(23)29)24-18(30)13(22)8-11-2-4-12(28)5-3-11/h2-5,10,13-15,17,27-28,35H,6-9,22H2,1H3,(H2,23,29)(H,24,30)(H,25,31)(H,26,32)(H,33,34). The molecule has 0 aliphatic carbocycles. The van der Waals surface area contributed by atoms with Gasteiger partial charge in [-0.1, -0.05) is 12.1 Å². The van der Waals surface area contributed by atoms with E-state index in [2.05, 4.69) is 28.6 Å². The van der Waals surface area contributed by atoms with E-state index in [0.29, 0.717) is 5.56 Å². The highest BCUT2D eigenvalue weighted by Crippen LogP contribution is 2.11. The van der Waals surface area contributed by atoms with Crippen LogP contribution >= 0.6 is 12.6 Å². The van der Waals surface area contributed by atoms with Crippen LogP contribution in [0.4, 0.5) is 0 Å². The molecule has 5 atom stereocenters. The Morgan fingerprint density at radius 1 is 0.971 bits per heavy atom. The van der Waals surface area contributed by atoms with Crippen LogP contribution < -0.4 is 27.4 Å². The normalized spacial score (nSPS) is 15.1. The van der Waals surface area contributed by atoms with Crippen LogP contribution in [-0.2, 0) is 30.4 Å². The maximum atomic E-state index is 12.8. The van der Waals surface area contributed by atoms with Gasteiger partial charge in [-0.15, -0.1) is 0 Å². The molecule has 4 amide bonds. The molecule has 14 heteroatoms. The smallest absolute Gasteiger partial charge is 0.328 e. The van der Waals surface area contributed by atoms with Gasteiger partial charge in [0.1, 0.15) is 17.8 Å². The van der Waals surface area contributed by atoms with Crippen molar-refractivity contribution in [3.8, 4) is 5.75 Å². The number of phenols is 1. The van der Waals surface area contributed by atoms with E-state index in [1.165, 1.54) is 19.1 Å². The number of aliphatic hydroxyl groups excluding tert-OH is 1. The molecular weight excluding hydrogens is 482 g/mol. The van der Waals surface area contributed by atoms with Gasteiger partial charge in [-0.25, -0.2) is 4.79 Å². The van der Waals surface area contributed by atoms with Crippen molar-refractivity contribution in [1.29, 1.82) is 0 Å². The average molecular weight is 514 g/mol. The van der Waals surface area contributed by atoms with Crippen molar-refractivity contribution < 1.29 is 39.3 Å². The highest BCUT2D eigenvalue weighted by molar-refractivity contribution is 7.80. The van der Waals surface area contributed by atoms with E-state index in [4.69, 9.17) is 16.6 Å². The van der Waals surface area contributed by atoms with Gasteiger partial charge in [-0.05, 0) is 37.5 Å². The molecule has 35 heavy (non-hydrogen) atoms. The molecule has 0 radical (unpaired) electrons. The number of carbonyl (C=O) groups excluding carboxylic acids is 4. The summed E-state index contributed by atoms with van der Waals surface area (Å²) in [5.41, 5.74) is 11.7. The molecule has 194 valence electrons. The zero-order valence-corrected chi connectivity index (χ0v) is 19.9. The van der Waals surface area contributed by atoms with E-state index in [1.54, 1.807) is 12.1 Å². The number of aliphatic hydroxyl groups is 1. The SMILES string of the molecule is CC(O)C(NC(=O)C(CS)NC(=O)C(CCC(N)=O)NC(=O)C(N)Cc1ccc(O)cc1)C(=O)O. The summed E-state index contributed by atoms with van der Waals surface area (Å²) >= 11 is 3.99. The fourth-order valence-electron chi connectivity index (χ4n) is 2.92. The van der Waals surface area contributed by atoms with E-state index in [9.17, 15) is 34.2 Å². The lowest BCUT2D eigenvalue weighted by Crippen LogP contribution is -2.59. The van der Waals surface area contributed by atoms with E-state index >= 15 is 0 Å². The number of rotatable bonds is 14. The topological polar surface area (TPSA) is 234 Å². The van der Waals surface area contributed by atoms with Crippen molar-refractivity contribution in [2.45, 2.75) is 56.5 Å². The Morgan fingerprint density at radius 2 is 1.51 bits per heavy atom. The molecule has 0 spiro atoms. The third kappa shape index (κ3) is 10.2. The van der Waals surface area contributed by atoms with Crippen LogP contribution in [-0.4, -0.2) is 80.9 Å². The summed E-state index contributed by atoms with van der Waals surface area (Å²) in [6.45, 7) is 1.17. The number of hydrogen-bond donors (Lipinski definition) is 9. The number of carboxylic acids is 1. The number of hydrogen-bond acceptors (Lipinski definition) is 9. The van der Waals surface area contributed by atoms with Crippen molar-refractivity contribution in [3.05, 3.63) is 29.8 Å². The van der Waals surface area contributed by atoms with Crippen LogP contribution in [0.3, 0.4) is 0 Å². The minimum Gasteiger partial charge on any atom is -0.508 e. The Hall–Kier alpha value is -3.36. The first-order valence-electron chi connectivity index (χ1n) is 10.6. The van der Waals surface area contributed by atoms with Crippen molar-refractivity contribution >= 4 is 42.2 Å². The lowest BCUT2D eigenvalue weighted by atomic mass is 10.0. The van der Waals surface area contributed by atoms with Gasteiger partial charge in [0.25, 0.3) is 0 Å². The second kappa shape index (κ2) is 14.1. The first-order valence-corrected chi connectivity index (χ1v) is 11.2. The summed E-state index contributed by atoms with van der Waals surface area (Å²) < 4.78 is 0. The first kappa shape index (κ1) is 29.7. The Bertz CT molecular complexity index is 911. The van der Waals surface area contributed by atoms with Crippen molar-refractivity contribution in [3.63, 3.8) is 0 Å². The number of carbonyl (C=O) groups is 5. The number of aromatic hydroxyl groups is 1. The van der Waals surface area contributed by atoms with Crippen LogP contribution in [0.1, 0.15) is 25.3 Å². The van der Waals surface area contributed by atoms with Gasteiger partial charge in [-0.2, -0.15) is 12.6 Å². The summed E-state index contributed by atoms with van der Waals surface area (Å²) in [6, 6.07) is 0.713. The largest absolute Gasteiger partial charge is 0.508 e. The lowest BCUT2D eigenvalue weighted by molar-refractivity contribution is -0.145. The third-order valence-corrected chi connectivity index (χ3v) is 5.27. The molecule has 0 heterocycles. The number of primary amides is 1. The molecule has 1 aromatic rings. The van der Waals surface area contributed by atoms with Gasteiger partial charge in [0, 0.05) is 12.2 Å². The van der Waals surface area contributed by atoms with Crippen molar-refractivity contribution in [1.82, 2.24) is 16.0 Å². The molecule has 0 aliphatic heterocycles. The molecular formula is C21H31N5O8S. The fraction of sp³-hybridized carbons (Fsp3) is 0.476. The quantitative estimate of drug-likeness (QED) is 0.118. The van der Waals surface area contributed by atoms with E-state index in [-0.39, 0.29) is 30.8 Å². The second-order valence-corrected chi connectivity index (χ2v) is 8.22. The monoisotopic (exact) mass is 513 g/mol. The van der Waals surface area contributed by atoms with E-state index in [0.717, 1.165) is 0 Å². The molecule has 0 bridgehead atoms. The molecule has 1 aromatic carbocycles. The van der Waals surface area contributed by atoms with Gasteiger partial charge in [0.2, 0.25) is 23.6 Å². The summed E-state index contributed by atoms with van der Waals surface area (Å²) in [4.78, 5) is 60.3. The molecule has 1 rings (SSSR count).